The van der Waals surface area contributed by atoms with E-state index in [-0.39, 0.29) is 42.0 Å². The fraction of sp³-hybridized carbons (Fsp3) is 0.560. The maximum absolute atomic E-state index is 14.1. The molecule has 2 heterocycles. The van der Waals surface area contributed by atoms with Gasteiger partial charge >= 0.3 is 0 Å². The summed E-state index contributed by atoms with van der Waals surface area (Å²) in [5.74, 6) is -1.31. The highest BCUT2D eigenvalue weighted by Crippen LogP contribution is 2.40. The first-order chi connectivity index (χ1) is 15.7. The van der Waals surface area contributed by atoms with Crippen molar-refractivity contribution in [2.24, 2.45) is 0 Å². The van der Waals surface area contributed by atoms with Gasteiger partial charge in [-0.05, 0) is 51.3 Å². The minimum absolute atomic E-state index is 0.115. The van der Waals surface area contributed by atoms with Crippen LogP contribution in [0.4, 0.5) is 10.1 Å². The zero-order valence-corrected chi connectivity index (χ0v) is 19.8. The summed E-state index contributed by atoms with van der Waals surface area (Å²) in [4.78, 5) is 41.3. The lowest BCUT2D eigenvalue weighted by molar-refractivity contribution is -0.135. The van der Waals surface area contributed by atoms with Crippen molar-refractivity contribution in [2.45, 2.75) is 90.4 Å². The number of nitrogens with one attached hydrogen (secondary N) is 2. The number of carbonyl (C=O) groups is 3. The average Bonchev–Trinajstić information content (AvgIpc) is 3.06. The molecule has 4 rings (SSSR count). The van der Waals surface area contributed by atoms with E-state index in [1.807, 2.05) is 20.8 Å². The maximum atomic E-state index is 14.1. The van der Waals surface area contributed by atoms with Crippen LogP contribution in [0.15, 0.2) is 18.2 Å². The van der Waals surface area contributed by atoms with E-state index in [1.54, 1.807) is 15.5 Å². The van der Waals surface area contributed by atoms with Gasteiger partial charge < -0.3 is 20.1 Å². The summed E-state index contributed by atoms with van der Waals surface area (Å²) >= 11 is 0. The Labute approximate surface area is 193 Å². The zero-order chi connectivity index (χ0) is 23.9. The number of fused-ring (bicyclic) bond motifs is 3. The summed E-state index contributed by atoms with van der Waals surface area (Å²) in [6.07, 6.45) is 5.93. The molecule has 2 atom stereocenters. The van der Waals surface area contributed by atoms with Gasteiger partial charge in [-0.2, -0.15) is 0 Å². The number of anilines is 1. The molecule has 1 aromatic heterocycles. The molecule has 1 saturated carbocycles. The van der Waals surface area contributed by atoms with Crippen LogP contribution in [-0.4, -0.2) is 44.8 Å². The third-order valence-electron chi connectivity index (χ3n) is 7.21. The van der Waals surface area contributed by atoms with Gasteiger partial charge in [0.1, 0.15) is 17.1 Å². The quantitative estimate of drug-likeness (QED) is 0.707. The highest BCUT2D eigenvalue weighted by atomic mass is 19.1. The van der Waals surface area contributed by atoms with Crippen LogP contribution in [0.25, 0.3) is 10.9 Å². The topological polar surface area (TPSA) is 83.4 Å². The van der Waals surface area contributed by atoms with Crippen LogP contribution in [0.2, 0.25) is 0 Å². The monoisotopic (exact) mass is 456 g/mol. The van der Waals surface area contributed by atoms with E-state index >= 15 is 0 Å². The predicted octanol–water partition coefficient (Wildman–Crippen LogP) is 4.20. The van der Waals surface area contributed by atoms with E-state index in [4.69, 9.17) is 0 Å². The normalized spacial score (nSPS) is 22.2. The molecule has 1 aliphatic heterocycles. The first-order valence-corrected chi connectivity index (χ1v) is 11.9. The molecule has 1 aliphatic carbocycles. The molecule has 1 fully saturated rings. The number of amides is 3. The Morgan fingerprint density at radius 3 is 2.58 bits per heavy atom. The van der Waals surface area contributed by atoms with Gasteiger partial charge in [0.15, 0.2) is 0 Å². The largest absolute Gasteiger partial charge is 0.351 e. The minimum Gasteiger partial charge on any atom is -0.351 e. The van der Waals surface area contributed by atoms with Gasteiger partial charge in [-0.3, -0.25) is 14.4 Å². The van der Waals surface area contributed by atoms with E-state index in [9.17, 15) is 18.8 Å². The molecule has 0 unspecified atom stereocenters. The van der Waals surface area contributed by atoms with Crippen LogP contribution in [-0.2, 0) is 16.1 Å². The van der Waals surface area contributed by atoms with Crippen molar-refractivity contribution in [1.82, 2.24) is 14.8 Å². The molecule has 1 aromatic carbocycles. The van der Waals surface area contributed by atoms with Crippen molar-refractivity contribution in [3.8, 4) is 0 Å². The van der Waals surface area contributed by atoms with Gasteiger partial charge in [0.25, 0.3) is 5.91 Å². The molecule has 33 heavy (non-hydrogen) atoms. The van der Waals surface area contributed by atoms with E-state index in [0.717, 1.165) is 25.7 Å². The van der Waals surface area contributed by atoms with Crippen LogP contribution in [0, 0.1) is 5.82 Å². The predicted molar refractivity (Wildman–Crippen MR) is 126 cm³/mol. The van der Waals surface area contributed by atoms with Gasteiger partial charge in [0, 0.05) is 24.4 Å². The van der Waals surface area contributed by atoms with E-state index in [0.29, 0.717) is 23.0 Å². The molecule has 8 heteroatoms. The van der Waals surface area contributed by atoms with Gasteiger partial charge in [0.2, 0.25) is 11.8 Å². The second kappa shape index (κ2) is 8.80. The molecular formula is C25H33FN4O3. The standard InChI is InChI=1S/C25H33FN4O3/c1-5-15(2)30-23(32)22-21(27-16(3)31)19-13-17(26)11-12-20(19)29(22)14-25(30,4)24(33)28-18-9-7-6-8-10-18/h11-13,15,18H,5-10,14H2,1-4H3,(H,27,31)(H,28,33)/t15-,25-/m1/s1. The summed E-state index contributed by atoms with van der Waals surface area (Å²) in [5, 5.41) is 6.40. The van der Waals surface area contributed by atoms with Gasteiger partial charge in [-0.25, -0.2) is 4.39 Å². The Hall–Kier alpha value is -2.90. The molecule has 0 bridgehead atoms. The van der Waals surface area contributed by atoms with Crippen LogP contribution in [0.3, 0.4) is 0 Å². The number of rotatable bonds is 5. The Balaban J connectivity index is 1.85. The number of benzene rings is 1. The van der Waals surface area contributed by atoms with Crippen molar-refractivity contribution in [2.75, 3.05) is 5.32 Å². The molecule has 3 amide bonds. The molecule has 178 valence electrons. The highest BCUT2D eigenvalue weighted by Gasteiger charge is 2.50. The zero-order valence-electron chi connectivity index (χ0n) is 19.8. The number of hydrogen-bond donors (Lipinski definition) is 2. The Morgan fingerprint density at radius 1 is 1.24 bits per heavy atom. The summed E-state index contributed by atoms with van der Waals surface area (Å²) in [5.41, 5.74) is 0.0770. The SMILES string of the molecule is CC[C@@H](C)N1C(=O)c2c(NC(C)=O)c3cc(F)ccc3n2C[C@]1(C)C(=O)NC1CCCCC1. The number of halogens is 1. The Kier molecular flexibility index (Phi) is 6.20. The Bertz CT molecular complexity index is 1100. The molecular weight excluding hydrogens is 423 g/mol. The maximum Gasteiger partial charge on any atom is 0.273 e. The second-order valence-corrected chi connectivity index (χ2v) is 9.67. The third kappa shape index (κ3) is 4.00. The molecule has 0 radical (unpaired) electrons. The molecule has 2 N–H and O–H groups in total. The summed E-state index contributed by atoms with van der Waals surface area (Å²) in [7, 11) is 0. The second-order valence-electron chi connectivity index (χ2n) is 9.67. The van der Waals surface area contributed by atoms with Crippen LogP contribution in [0.5, 0.6) is 0 Å². The molecule has 0 spiro atoms. The summed E-state index contributed by atoms with van der Waals surface area (Å²) < 4.78 is 15.9. The van der Waals surface area contributed by atoms with Crippen LogP contribution >= 0.6 is 0 Å². The fourth-order valence-corrected chi connectivity index (χ4v) is 5.38. The van der Waals surface area contributed by atoms with Crippen molar-refractivity contribution in [1.29, 1.82) is 0 Å². The molecule has 2 aliphatic rings. The average molecular weight is 457 g/mol. The molecule has 0 saturated heterocycles. The number of hydrogen-bond acceptors (Lipinski definition) is 3. The van der Waals surface area contributed by atoms with Crippen molar-refractivity contribution in [3.05, 3.63) is 29.7 Å². The van der Waals surface area contributed by atoms with E-state index < -0.39 is 11.4 Å². The number of aromatic nitrogens is 1. The first-order valence-electron chi connectivity index (χ1n) is 11.9. The molecule has 2 aromatic rings. The minimum atomic E-state index is -1.12. The highest BCUT2D eigenvalue weighted by molar-refractivity contribution is 6.14. The fourth-order valence-electron chi connectivity index (χ4n) is 5.38. The van der Waals surface area contributed by atoms with Gasteiger partial charge in [-0.1, -0.05) is 26.2 Å². The lowest BCUT2D eigenvalue weighted by Crippen LogP contribution is -2.67. The first kappa shape index (κ1) is 23.3. The summed E-state index contributed by atoms with van der Waals surface area (Å²) in [6, 6.07) is 4.17. The molecule has 7 nitrogen and oxygen atoms in total. The van der Waals surface area contributed by atoms with Crippen molar-refractivity contribution in [3.63, 3.8) is 0 Å². The third-order valence-corrected chi connectivity index (χ3v) is 7.21. The summed E-state index contributed by atoms with van der Waals surface area (Å²) in [6.45, 7) is 7.30. The number of nitrogens with zero attached hydrogens (tertiary/aromatic N) is 2. The Morgan fingerprint density at radius 2 is 1.94 bits per heavy atom. The smallest absolute Gasteiger partial charge is 0.273 e. The van der Waals surface area contributed by atoms with Crippen molar-refractivity contribution >= 4 is 34.3 Å². The van der Waals surface area contributed by atoms with Crippen LogP contribution in [0.1, 0.15) is 76.7 Å². The lowest BCUT2D eigenvalue weighted by Gasteiger charge is -2.47. The lowest BCUT2D eigenvalue weighted by atomic mass is 9.90. The van der Waals surface area contributed by atoms with E-state index in [2.05, 4.69) is 10.6 Å². The number of carbonyl (C=O) groups excluding carboxylic acids is 3. The van der Waals surface area contributed by atoms with Crippen molar-refractivity contribution < 1.29 is 18.8 Å². The van der Waals surface area contributed by atoms with Gasteiger partial charge in [-0.15, -0.1) is 0 Å². The van der Waals surface area contributed by atoms with Crippen LogP contribution < -0.4 is 10.6 Å². The van der Waals surface area contributed by atoms with E-state index in [1.165, 1.54) is 25.5 Å². The van der Waals surface area contributed by atoms with Gasteiger partial charge in [0.05, 0.1) is 17.7 Å².